The predicted octanol–water partition coefficient (Wildman–Crippen LogP) is 4.70. The van der Waals surface area contributed by atoms with Crippen molar-refractivity contribution in [2.75, 3.05) is 6.61 Å². The summed E-state index contributed by atoms with van der Waals surface area (Å²) in [6.45, 7) is 2.26. The van der Waals surface area contributed by atoms with E-state index in [0.717, 1.165) is 36.2 Å². The molecule has 4 saturated carbocycles. The molecule has 4 aliphatic rings. The summed E-state index contributed by atoms with van der Waals surface area (Å²) in [5, 5.41) is 0. The third-order valence-electron chi connectivity index (χ3n) is 6.56. The van der Waals surface area contributed by atoms with Crippen LogP contribution < -0.4 is 0 Å². The predicted molar refractivity (Wildman–Crippen MR) is 94.2 cm³/mol. The van der Waals surface area contributed by atoms with E-state index in [2.05, 4.69) is 0 Å². The van der Waals surface area contributed by atoms with Crippen molar-refractivity contribution < 1.29 is 12.6 Å². The second-order valence-corrected chi connectivity index (χ2v) is 10.2. The maximum Gasteiger partial charge on any atom is 0.296 e. The zero-order chi connectivity index (χ0) is 16.8. The summed E-state index contributed by atoms with van der Waals surface area (Å²) in [7, 11) is -3.61. The van der Waals surface area contributed by atoms with Gasteiger partial charge in [-0.2, -0.15) is 8.42 Å². The quantitative estimate of drug-likeness (QED) is 0.553. The Kier molecular flexibility index (Phi) is 4.24. The van der Waals surface area contributed by atoms with E-state index >= 15 is 0 Å². The van der Waals surface area contributed by atoms with Crippen molar-refractivity contribution in [3.63, 3.8) is 0 Å². The molecule has 24 heavy (non-hydrogen) atoms. The molecule has 4 aliphatic carbocycles. The van der Waals surface area contributed by atoms with Crippen LogP contribution in [0.4, 0.5) is 0 Å². The maximum absolute atomic E-state index is 12.2. The van der Waals surface area contributed by atoms with Gasteiger partial charge in [-0.1, -0.05) is 17.7 Å². The van der Waals surface area contributed by atoms with Crippen molar-refractivity contribution in [1.82, 2.24) is 0 Å². The molecular weight excluding hydrogens is 320 g/mol. The van der Waals surface area contributed by atoms with E-state index in [1.165, 1.54) is 38.5 Å². The first-order valence-electron chi connectivity index (χ1n) is 9.40. The number of benzene rings is 1. The minimum atomic E-state index is -3.61. The summed E-state index contributed by atoms with van der Waals surface area (Å²) in [5.74, 6) is 2.86. The average Bonchev–Trinajstić information content (AvgIpc) is 2.51. The molecule has 0 heterocycles. The lowest BCUT2D eigenvalue weighted by molar-refractivity contribution is -0.0592. The van der Waals surface area contributed by atoms with Crippen LogP contribution in [-0.2, 0) is 14.3 Å². The van der Waals surface area contributed by atoms with Crippen molar-refractivity contribution >= 4 is 10.1 Å². The van der Waals surface area contributed by atoms with Crippen LogP contribution in [0.3, 0.4) is 0 Å². The molecule has 132 valence electrons. The van der Waals surface area contributed by atoms with E-state index in [1.54, 1.807) is 12.1 Å². The minimum absolute atomic E-state index is 0.267. The van der Waals surface area contributed by atoms with Crippen molar-refractivity contribution in [2.24, 2.45) is 23.2 Å². The van der Waals surface area contributed by atoms with Gasteiger partial charge in [0, 0.05) is 0 Å². The molecule has 0 saturated heterocycles. The summed E-state index contributed by atoms with van der Waals surface area (Å²) >= 11 is 0. The van der Waals surface area contributed by atoms with E-state index in [1.807, 2.05) is 19.1 Å². The van der Waals surface area contributed by atoms with Crippen molar-refractivity contribution in [3.05, 3.63) is 29.8 Å². The molecule has 4 fully saturated rings. The third kappa shape index (κ3) is 3.28. The van der Waals surface area contributed by atoms with Gasteiger partial charge in [0.1, 0.15) is 0 Å². The lowest BCUT2D eigenvalue weighted by atomic mass is 9.48. The molecule has 0 radical (unpaired) electrons. The molecule has 1 aromatic carbocycles. The molecule has 0 unspecified atom stereocenters. The van der Waals surface area contributed by atoms with E-state index in [9.17, 15) is 8.42 Å². The largest absolute Gasteiger partial charge is 0.296 e. The zero-order valence-corrected chi connectivity index (χ0v) is 15.4. The van der Waals surface area contributed by atoms with Crippen LogP contribution in [0.15, 0.2) is 29.2 Å². The molecule has 0 atom stereocenters. The van der Waals surface area contributed by atoms with Gasteiger partial charge in [0.15, 0.2) is 0 Å². The molecule has 1 aromatic rings. The topological polar surface area (TPSA) is 43.4 Å². The minimum Gasteiger partial charge on any atom is -0.266 e. The average molecular weight is 349 g/mol. The fourth-order valence-corrected chi connectivity index (χ4v) is 6.93. The first-order chi connectivity index (χ1) is 11.4. The van der Waals surface area contributed by atoms with Crippen molar-refractivity contribution in [1.29, 1.82) is 0 Å². The number of rotatable bonds is 6. The highest BCUT2D eigenvalue weighted by Gasteiger charge is 2.50. The van der Waals surface area contributed by atoms with Gasteiger partial charge in [-0.25, -0.2) is 0 Å². The van der Waals surface area contributed by atoms with E-state index in [4.69, 9.17) is 4.18 Å². The Morgan fingerprint density at radius 2 is 1.54 bits per heavy atom. The van der Waals surface area contributed by atoms with Crippen LogP contribution in [-0.4, -0.2) is 15.0 Å². The van der Waals surface area contributed by atoms with Crippen LogP contribution in [0, 0.1) is 30.1 Å². The summed E-state index contributed by atoms with van der Waals surface area (Å²) in [4.78, 5) is 0.267. The van der Waals surface area contributed by atoms with Gasteiger partial charge in [-0.05, 0) is 93.6 Å². The monoisotopic (exact) mass is 348 g/mol. The molecular formula is C20H28O3S. The second kappa shape index (κ2) is 6.14. The van der Waals surface area contributed by atoms with E-state index < -0.39 is 10.1 Å². The summed E-state index contributed by atoms with van der Waals surface area (Å²) in [5.41, 5.74) is 1.56. The van der Waals surface area contributed by atoms with Gasteiger partial charge in [-0.15, -0.1) is 0 Å². The van der Waals surface area contributed by atoms with Gasteiger partial charge < -0.3 is 0 Å². The molecule has 0 aromatic heterocycles. The summed E-state index contributed by atoms with van der Waals surface area (Å²) < 4.78 is 29.8. The van der Waals surface area contributed by atoms with Crippen LogP contribution in [0.25, 0.3) is 0 Å². The lowest BCUT2D eigenvalue weighted by Crippen LogP contribution is -2.46. The van der Waals surface area contributed by atoms with Gasteiger partial charge in [0.05, 0.1) is 11.5 Å². The first-order valence-corrected chi connectivity index (χ1v) is 10.8. The smallest absolute Gasteiger partial charge is 0.266 e. The highest BCUT2D eigenvalue weighted by atomic mass is 32.2. The number of hydrogen-bond donors (Lipinski definition) is 0. The Morgan fingerprint density at radius 1 is 1.00 bits per heavy atom. The highest BCUT2D eigenvalue weighted by Crippen LogP contribution is 2.61. The fraction of sp³-hybridized carbons (Fsp3) is 0.700. The Bertz CT molecular complexity index is 655. The van der Waals surface area contributed by atoms with E-state index in [0.29, 0.717) is 12.0 Å². The molecule has 4 bridgehead atoms. The maximum atomic E-state index is 12.2. The highest BCUT2D eigenvalue weighted by molar-refractivity contribution is 7.86. The summed E-state index contributed by atoms with van der Waals surface area (Å²) in [6.07, 6.45) is 10.5. The van der Waals surface area contributed by atoms with Gasteiger partial charge in [-0.3, -0.25) is 4.18 Å². The van der Waals surface area contributed by atoms with Crippen molar-refractivity contribution in [2.45, 2.75) is 63.2 Å². The van der Waals surface area contributed by atoms with Crippen LogP contribution >= 0.6 is 0 Å². The van der Waals surface area contributed by atoms with E-state index in [-0.39, 0.29) is 4.90 Å². The Morgan fingerprint density at radius 3 is 2.08 bits per heavy atom. The molecule has 0 N–H and O–H groups in total. The summed E-state index contributed by atoms with van der Waals surface area (Å²) in [6, 6.07) is 6.88. The van der Waals surface area contributed by atoms with Gasteiger partial charge >= 0.3 is 0 Å². The molecule has 0 aliphatic heterocycles. The van der Waals surface area contributed by atoms with Gasteiger partial charge in [0.25, 0.3) is 10.1 Å². The first kappa shape index (κ1) is 16.6. The standard InChI is InChI=1S/C20H28O3S/c1-15-3-5-19(6-4-15)24(21,22)23-8-2-7-20-12-16-9-17(13-20)11-18(10-16)14-20/h3-6,16-18H,2,7-14H2,1H3. The van der Waals surface area contributed by atoms with Gasteiger partial charge in [0.2, 0.25) is 0 Å². The fourth-order valence-electron chi connectivity index (χ4n) is 5.98. The number of aryl methyl sites for hydroxylation is 1. The molecule has 3 nitrogen and oxygen atoms in total. The Labute approximate surface area is 145 Å². The molecule has 4 heteroatoms. The third-order valence-corrected chi connectivity index (χ3v) is 7.89. The number of hydrogen-bond acceptors (Lipinski definition) is 3. The zero-order valence-electron chi connectivity index (χ0n) is 14.5. The van der Waals surface area contributed by atoms with Crippen LogP contribution in [0.1, 0.15) is 56.9 Å². The lowest BCUT2D eigenvalue weighted by Gasteiger charge is -2.57. The van der Waals surface area contributed by atoms with Crippen molar-refractivity contribution in [3.8, 4) is 0 Å². The SMILES string of the molecule is Cc1ccc(S(=O)(=O)OCCCC23CC4CC(CC(C4)C2)C3)cc1. The van der Waals surface area contributed by atoms with Crippen LogP contribution in [0.5, 0.6) is 0 Å². The molecule has 5 rings (SSSR count). The Hall–Kier alpha value is -0.870. The molecule has 0 spiro atoms. The molecule has 0 amide bonds. The van der Waals surface area contributed by atoms with Crippen LogP contribution in [0.2, 0.25) is 0 Å². The second-order valence-electron chi connectivity index (χ2n) is 8.61. The Balaban J connectivity index is 1.31. The normalized spacial score (nSPS) is 34.6.